The molecule has 0 radical (unpaired) electrons. The number of benzene rings is 2. The van der Waals surface area contributed by atoms with Crippen LogP contribution in [0.25, 0.3) is 0 Å². The first-order chi connectivity index (χ1) is 13.8. The number of rotatable bonds is 8. The van der Waals surface area contributed by atoms with Crippen LogP contribution in [0.4, 0.5) is 22.0 Å². The molecule has 0 aliphatic rings. The van der Waals surface area contributed by atoms with Gasteiger partial charge in [-0.25, -0.2) is 8.78 Å². The van der Waals surface area contributed by atoms with Gasteiger partial charge in [-0.05, 0) is 29.7 Å². The van der Waals surface area contributed by atoms with E-state index in [9.17, 15) is 22.0 Å². The van der Waals surface area contributed by atoms with Crippen LogP contribution in [0.15, 0.2) is 47.5 Å². The van der Waals surface area contributed by atoms with E-state index in [2.05, 4.69) is 20.4 Å². The van der Waals surface area contributed by atoms with Gasteiger partial charge in [0.15, 0.2) is 5.96 Å². The maximum Gasteiger partial charge on any atom is 0.411 e. The molecule has 2 rings (SSSR count). The molecule has 0 aromatic heterocycles. The van der Waals surface area contributed by atoms with Gasteiger partial charge in [-0.2, -0.15) is 13.2 Å². The van der Waals surface area contributed by atoms with Crippen LogP contribution in [-0.4, -0.2) is 32.3 Å². The van der Waals surface area contributed by atoms with E-state index in [-0.39, 0.29) is 25.1 Å². The van der Waals surface area contributed by atoms with Crippen LogP contribution >= 0.6 is 0 Å². The topological polar surface area (TPSA) is 45.7 Å². The average Bonchev–Trinajstić information content (AvgIpc) is 2.66. The van der Waals surface area contributed by atoms with E-state index < -0.39 is 24.4 Å². The van der Waals surface area contributed by atoms with Crippen LogP contribution in [0.1, 0.15) is 16.7 Å². The fourth-order valence-corrected chi connectivity index (χ4v) is 2.52. The Kier molecular flexibility index (Phi) is 8.38. The van der Waals surface area contributed by atoms with E-state index in [4.69, 9.17) is 0 Å². The summed E-state index contributed by atoms with van der Waals surface area (Å²) in [5, 5.41) is 6.03. The number of alkyl halides is 3. The molecule has 29 heavy (non-hydrogen) atoms. The van der Waals surface area contributed by atoms with Crippen molar-refractivity contribution in [2.24, 2.45) is 4.99 Å². The average molecular weight is 415 g/mol. The first kappa shape index (κ1) is 22.6. The minimum atomic E-state index is -4.34. The largest absolute Gasteiger partial charge is 0.411 e. The summed E-state index contributed by atoms with van der Waals surface area (Å²) in [6.07, 6.45) is -4.18. The third kappa shape index (κ3) is 8.06. The number of ether oxygens (including phenoxy) is 1. The summed E-state index contributed by atoms with van der Waals surface area (Å²) in [5.41, 5.74) is 1.53. The molecule has 2 aromatic carbocycles. The molecule has 2 N–H and O–H groups in total. The summed E-state index contributed by atoms with van der Waals surface area (Å²) < 4.78 is 68.1. The third-order valence-corrected chi connectivity index (χ3v) is 3.97. The molecular weight excluding hydrogens is 393 g/mol. The molecule has 158 valence electrons. The molecule has 0 spiro atoms. The minimum absolute atomic E-state index is 0.0128. The molecule has 0 bridgehead atoms. The molecule has 9 heteroatoms. The van der Waals surface area contributed by atoms with Gasteiger partial charge in [0.1, 0.15) is 18.2 Å². The summed E-state index contributed by atoms with van der Waals surface area (Å²) >= 11 is 0. The lowest BCUT2D eigenvalue weighted by Crippen LogP contribution is -2.38. The molecule has 0 heterocycles. The highest BCUT2D eigenvalue weighted by Crippen LogP contribution is 2.16. The summed E-state index contributed by atoms with van der Waals surface area (Å²) in [7, 11) is 1.57. The lowest BCUT2D eigenvalue weighted by atomic mass is 10.1. The SMILES string of the molecule is CN=C(NCCc1c(F)cccc1F)NCc1ccc(COCC(F)(F)F)cc1. The predicted molar refractivity (Wildman–Crippen MR) is 100 cm³/mol. The van der Waals surface area contributed by atoms with Gasteiger partial charge in [0.2, 0.25) is 0 Å². The zero-order valence-electron chi connectivity index (χ0n) is 15.8. The van der Waals surface area contributed by atoms with Crippen LogP contribution < -0.4 is 10.6 Å². The predicted octanol–water partition coefficient (Wildman–Crippen LogP) is 3.95. The van der Waals surface area contributed by atoms with Gasteiger partial charge in [0.25, 0.3) is 0 Å². The van der Waals surface area contributed by atoms with Gasteiger partial charge < -0.3 is 15.4 Å². The first-order valence-corrected chi connectivity index (χ1v) is 8.88. The van der Waals surface area contributed by atoms with E-state index in [1.807, 2.05) is 0 Å². The number of hydrogen-bond donors (Lipinski definition) is 2. The van der Waals surface area contributed by atoms with Gasteiger partial charge in [-0.1, -0.05) is 30.3 Å². The highest BCUT2D eigenvalue weighted by Gasteiger charge is 2.27. The van der Waals surface area contributed by atoms with Crippen LogP contribution in [0.3, 0.4) is 0 Å². The maximum absolute atomic E-state index is 13.6. The third-order valence-electron chi connectivity index (χ3n) is 3.97. The number of aliphatic imine (C=N–C) groups is 1. The molecule has 2 aromatic rings. The number of hydrogen-bond acceptors (Lipinski definition) is 2. The van der Waals surface area contributed by atoms with Crippen molar-refractivity contribution in [3.63, 3.8) is 0 Å². The molecule has 0 amide bonds. The van der Waals surface area contributed by atoms with Crippen LogP contribution in [0.5, 0.6) is 0 Å². The molecule has 4 nitrogen and oxygen atoms in total. The van der Waals surface area contributed by atoms with Gasteiger partial charge in [-0.15, -0.1) is 0 Å². The Morgan fingerprint density at radius 2 is 1.59 bits per heavy atom. The zero-order valence-corrected chi connectivity index (χ0v) is 15.8. The molecule has 0 unspecified atom stereocenters. The van der Waals surface area contributed by atoms with Gasteiger partial charge in [0, 0.05) is 25.7 Å². The smallest absolute Gasteiger partial charge is 0.367 e. The van der Waals surface area contributed by atoms with E-state index in [1.54, 1.807) is 31.3 Å². The summed E-state index contributed by atoms with van der Waals surface area (Å²) in [6.45, 7) is -0.706. The van der Waals surface area contributed by atoms with Gasteiger partial charge >= 0.3 is 6.18 Å². The van der Waals surface area contributed by atoms with E-state index in [0.29, 0.717) is 18.1 Å². The van der Waals surface area contributed by atoms with Crippen molar-refractivity contribution < 1.29 is 26.7 Å². The lowest BCUT2D eigenvalue weighted by Gasteiger charge is -2.13. The lowest BCUT2D eigenvalue weighted by molar-refractivity contribution is -0.176. The Morgan fingerprint density at radius 3 is 2.17 bits per heavy atom. The van der Waals surface area contributed by atoms with Crippen molar-refractivity contribution in [3.8, 4) is 0 Å². The Morgan fingerprint density at radius 1 is 0.966 bits per heavy atom. The molecule has 0 atom stereocenters. The molecule has 0 aliphatic heterocycles. The van der Waals surface area contributed by atoms with Gasteiger partial charge in [-0.3, -0.25) is 4.99 Å². The van der Waals surface area contributed by atoms with Crippen molar-refractivity contribution in [2.45, 2.75) is 25.7 Å². The maximum atomic E-state index is 13.6. The van der Waals surface area contributed by atoms with Crippen LogP contribution in [0.2, 0.25) is 0 Å². The number of nitrogens with one attached hydrogen (secondary N) is 2. The van der Waals surface area contributed by atoms with E-state index >= 15 is 0 Å². The Balaban J connectivity index is 1.76. The molecule has 0 saturated carbocycles. The Labute approximate surface area is 165 Å². The van der Waals surface area contributed by atoms with Crippen molar-refractivity contribution in [3.05, 3.63) is 70.8 Å². The highest BCUT2D eigenvalue weighted by atomic mass is 19.4. The normalized spacial score (nSPS) is 12.1. The molecule has 0 fully saturated rings. The fourth-order valence-electron chi connectivity index (χ4n) is 2.52. The second-order valence-corrected chi connectivity index (χ2v) is 6.23. The van der Waals surface area contributed by atoms with E-state index in [0.717, 1.165) is 5.56 Å². The monoisotopic (exact) mass is 415 g/mol. The fraction of sp³-hybridized carbons (Fsp3) is 0.350. The second-order valence-electron chi connectivity index (χ2n) is 6.23. The van der Waals surface area contributed by atoms with Crippen molar-refractivity contribution >= 4 is 5.96 Å². The standard InChI is InChI=1S/C20H22F5N3O/c1-26-19(27-10-9-16-17(21)3-2-4-18(16)22)28-11-14-5-7-15(8-6-14)12-29-13-20(23,24)25/h2-8H,9-13H2,1H3,(H2,26,27,28). The number of nitrogens with zero attached hydrogens (tertiary/aromatic N) is 1. The van der Waals surface area contributed by atoms with Crippen molar-refractivity contribution in [2.75, 3.05) is 20.2 Å². The minimum Gasteiger partial charge on any atom is -0.367 e. The quantitative estimate of drug-likeness (QED) is 0.390. The summed E-state index contributed by atoms with van der Waals surface area (Å²) in [4.78, 5) is 4.04. The second kappa shape index (κ2) is 10.8. The van der Waals surface area contributed by atoms with Crippen molar-refractivity contribution in [1.29, 1.82) is 0 Å². The Hall–Kier alpha value is -2.68. The highest BCUT2D eigenvalue weighted by molar-refractivity contribution is 5.79. The first-order valence-electron chi connectivity index (χ1n) is 8.88. The Bertz CT molecular complexity index is 787. The molecular formula is C20H22F5N3O. The zero-order chi connectivity index (χ0) is 21.3. The van der Waals surface area contributed by atoms with E-state index in [1.165, 1.54) is 18.2 Å². The number of halogens is 5. The number of guanidine groups is 1. The molecule has 0 saturated heterocycles. The van der Waals surface area contributed by atoms with Crippen LogP contribution in [0, 0.1) is 11.6 Å². The van der Waals surface area contributed by atoms with Gasteiger partial charge in [0.05, 0.1) is 6.61 Å². The summed E-state index contributed by atoms with van der Waals surface area (Å²) in [6, 6.07) is 10.6. The van der Waals surface area contributed by atoms with Crippen LogP contribution in [-0.2, 0) is 24.3 Å². The molecule has 0 aliphatic carbocycles. The van der Waals surface area contributed by atoms with Crippen molar-refractivity contribution in [1.82, 2.24) is 10.6 Å². The summed E-state index contributed by atoms with van der Waals surface area (Å²) in [5.74, 6) is -0.720.